The van der Waals surface area contributed by atoms with Crippen LogP contribution in [0.15, 0.2) is 30.6 Å². The number of nitrogens with zero attached hydrogens (tertiary/aromatic N) is 2. The Morgan fingerprint density at radius 2 is 1.78 bits per heavy atom. The lowest BCUT2D eigenvalue weighted by atomic mass is 10.1. The van der Waals surface area contributed by atoms with Gasteiger partial charge in [0.15, 0.2) is 5.82 Å². The smallest absolute Gasteiger partial charge is 0.413 e. The summed E-state index contributed by atoms with van der Waals surface area (Å²) in [7, 11) is 0. The van der Waals surface area contributed by atoms with Crippen LogP contribution >= 0.6 is 0 Å². The highest BCUT2D eigenvalue weighted by Gasteiger charge is 2.16. The molecule has 0 aliphatic carbocycles. The normalized spacial score (nSPS) is 11.2. The molecule has 2 rings (SSSR count). The third-order valence-corrected chi connectivity index (χ3v) is 2.64. The van der Waals surface area contributed by atoms with E-state index in [2.05, 4.69) is 15.3 Å². The minimum absolute atomic E-state index is 0.230. The molecule has 0 atom stereocenters. The van der Waals surface area contributed by atoms with Gasteiger partial charge in [-0.25, -0.2) is 18.6 Å². The van der Waals surface area contributed by atoms with E-state index in [1.54, 1.807) is 20.8 Å². The van der Waals surface area contributed by atoms with Crippen molar-refractivity contribution in [1.82, 2.24) is 9.97 Å². The summed E-state index contributed by atoms with van der Waals surface area (Å²) in [5.74, 6) is -1.05. The second-order valence-corrected chi connectivity index (χ2v) is 5.97. The molecule has 0 saturated heterocycles. The largest absolute Gasteiger partial charge is 0.444 e. The number of carbonyl (C=O) groups is 1. The van der Waals surface area contributed by atoms with Crippen LogP contribution in [0.3, 0.4) is 0 Å². The SMILES string of the molecule is CC(C)(C)OC(=O)Nc1cnc(Cc2cc(F)cc(F)c2)cn1. The quantitative estimate of drug-likeness (QED) is 0.936. The monoisotopic (exact) mass is 321 g/mol. The minimum Gasteiger partial charge on any atom is -0.444 e. The number of aromatic nitrogens is 2. The lowest BCUT2D eigenvalue weighted by Gasteiger charge is -2.19. The van der Waals surface area contributed by atoms with Crippen LogP contribution in [0.2, 0.25) is 0 Å². The lowest BCUT2D eigenvalue weighted by Crippen LogP contribution is -2.27. The van der Waals surface area contributed by atoms with E-state index in [1.807, 2.05) is 0 Å². The van der Waals surface area contributed by atoms with Gasteiger partial charge in [-0.15, -0.1) is 0 Å². The van der Waals surface area contributed by atoms with Gasteiger partial charge < -0.3 is 4.74 Å². The predicted octanol–water partition coefficient (Wildman–Crippen LogP) is 3.69. The van der Waals surface area contributed by atoms with E-state index in [9.17, 15) is 13.6 Å². The number of anilines is 1. The molecule has 1 aromatic carbocycles. The summed E-state index contributed by atoms with van der Waals surface area (Å²) >= 11 is 0. The number of carbonyl (C=O) groups excluding carboxylic acids is 1. The van der Waals surface area contributed by atoms with E-state index in [-0.39, 0.29) is 12.2 Å². The standard InChI is InChI=1S/C16H17F2N3O2/c1-16(2,3)23-15(22)21-14-9-19-13(8-20-14)6-10-4-11(17)7-12(18)5-10/h4-5,7-9H,6H2,1-3H3,(H,20,21,22). The molecular formula is C16H17F2N3O2. The van der Waals surface area contributed by atoms with E-state index in [0.717, 1.165) is 6.07 Å². The first-order valence-corrected chi connectivity index (χ1v) is 6.97. The number of amides is 1. The Hall–Kier alpha value is -2.57. The molecule has 1 aromatic heterocycles. The number of benzene rings is 1. The Bertz CT molecular complexity index is 677. The molecule has 1 heterocycles. The van der Waals surface area contributed by atoms with E-state index < -0.39 is 23.3 Å². The van der Waals surface area contributed by atoms with Gasteiger partial charge in [0.25, 0.3) is 0 Å². The maximum Gasteiger partial charge on any atom is 0.413 e. The molecule has 2 aromatic rings. The molecule has 23 heavy (non-hydrogen) atoms. The van der Waals surface area contributed by atoms with Gasteiger partial charge in [-0.2, -0.15) is 0 Å². The van der Waals surface area contributed by atoms with Crippen LogP contribution in [-0.2, 0) is 11.2 Å². The van der Waals surface area contributed by atoms with Crippen molar-refractivity contribution in [3.63, 3.8) is 0 Å². The van der Waals surface area contributed by atoms with E-state index in [0.29, 0.717) is 11.3 Å². The molecule has 0 spiro atoms. The molecule has 1 amide bonds. The molecule has 0 bridgehead atoms. The van der Waals surface area contributed by atoms with Gasteiger partial charge in [-0.3, -0.25) is 10.3 Å². The topological polar surface area (TPSA) is 64.1 Å². The number of ether oxygens (including phenoxy) is 1. The molecule has 0 saturated carbocycles. The van der Waals surface area contributed by atoms with Gasteiger partial charge >= 0.3 is 6.09 Å². The zero-order valence-corrected chi connectivity index (χ0v) is 13.1. The zero-order valence-electron chi connectivity index (χ0n) is 13.1. The summed E-state index contributed by atoms with van der Waals surface area (Å²) in [6.45, 7) is 5.25. The zero-order chi connectivity index (χ0) is 17.0. The summed E-state index contributed by atoms with van der Waals surface area (Å²) in [4.78, 5) is 19.7. The van der Waals surface area contributed by atoms with Gasteiger partial charge in [0.1, 0.15) is 17.2 Å². The maximum atomic E-state index is 13.1. The summed E-state index contributed by atoms with van der Waals surface area (Å²) in [5, 5.41) is 2.45. The van der Waals surface area contributed by atoms with Crippen molar-refractivity contribution in [2.75, 3.05) is 5.32 Å². The van der Waals surface area contributed by atoms with Crippen molar-refractivity contribution in [1.29, 1.82) is 0 Å². The first-order valence-electron chi connectivity index (χ1n) is 6.97. The molecule has 5 nitrogen and oxygen atoms in total. The lowest BCUT2D eigenvalue weighted by molar-refractivity contribution is 0.0635. The molecule has 0 radical (unpaired) electrons. The van der Waals surface area contributed by atoms with Crippen LogP contribution in [-0.4, -0.2) is 21.7 Å². The Balaban J connectivity index is 2.00. The Morgan fingerprint density at radius 1 is 1.13 bits per heavy atom. The van der Waals surface area contributed by atoms with Crippen molar-refractivity contribution in [3.8, 4) is 0 Å². The Morgan fingerprint density at radius 3 is 2.30 bits per heavy atom. The second kappa shape index (κ2) is 6.68. The third kappa shape index (κ3) is 5.61. The maximum absolute atomic E-state index is 13.1. The fourth-order valence-corrected chi connectivity index (χ4v) is 1.84. The summed E-state index contributed by atoms with van der Waals surface area (Å²) in [5.41, 5.74) is 0.355. The molecule has 0 unspecified atom stereocenters. The van der Waals surface area contributed by atoms with E-state index in [4.69, 9.17) is 4.74 Å². The van der Waals surface area contributed by atoms with Crippen molar-refractivity contribution in [2.24, 2.45) is 0 Å². The number of rotatable bonds is 3. The average molecular weight is 321 g/mol. The van der Waals surface area contributed by atoms with E-state index in [1.165, 1.54) is 24.5 Å². The molecular weight excluding hydrogens is 304 g/mol. The molecule has 0 aliphatic rings. The first-order chi connectivity index (χ1) is 10.7. The number of nitrogens with one attached hydrogen (secondary N) is 1. The van der Waals surface area contributed by atoms with Crippen LogP contribution in [0.25, 0.3) is 0 Å². The molecule has 1 N–H and O–H groups in total. The second-order valence-electron chi connectivity index (χ2n) is 5.97. The van der Waals surface area contributed by atoms with Crippen LogP contribution < -0.4 is 5.32 Å². The molecule has 7 heteroatoms. The fourth-order valence-electron chi connectivity index (χ4n) is 1.84. The highest BCUT2D eigenvalue weighted by molar-refractivity contribution is 5.83. The summed E-state index contributed by atoms with van der Waals surface area (Å²) in [6, 6.07) is 3.28. The molecule has 0 aliphatic heterocycles. The van der Waals surface area contributed by atoms with E-state index >= 15 is 0 Å². The predicted molar refractivity (Wildman–Crippen MR) is 81.1 cm³/mol. The van der Waals surface area contributed by atoms with Crippen LogP contribution in [0, 0.1) is 11.6 Å². The highest BCUT2D eigenvalue weighted by Crippen LogP contribution is 2.13. The average Bonchev–Trinajstić information content (AvgIpc) is 2.37. The van der Waals surface area contributed by atoms with Crippen molar-refractivity contribution < 1.29 is 18.3 Å². The van der Waals surface area contributed by atoms with Gasteiger partial charge in [-0.1, -0.05) is 0 Å². The van der Waals surface area contributed by atoms with Gasteiger partial charge in [-0.05, 0) is 38.5 Å². The van der Waals surface area contributed by atoms with Crippen LogP contribution in [0.4, 0.5) is 19.4 Å². The third-order valence-electron chi connectivity index (χ3n) is 2.64. The van der Waals surface area contributed by atoms with Gasteiger partial charge in [0.05, 0.1) is 18.1 Å². The van der Waals surface area contributed by atoms with Crippen LogP contribution in [0.5, 0.6) is 0 Å². The fraction of sp³-hybridized carbons (Fsp3) is 0.312. The van der Waals surface area contributed by atoms with Crippen molar-refractivity contribution in [2.45, 2.75) is 32.8 Å². The Kier molecular flexibility index (Phi) is 4.88. The van der Waals surface area contributed by atoms with Crippen LogP contribution in [0.1, 0.15) is 32.0 Å². The summed E-state index contributed by atoms with van der Waals surface area (Å²) in [6.07, 6.45) is 2.38. The minimum atomic E-state index is -0.642. The first kappa shape index (κ1) is 16.8. The number of hydrogen-bond acceptors (Lipinski definition) is 4. The Labute approximate surface area is 132 Å². The molecule has 122 valence electrons. The molecule has 0 fully saturated rings. The van der Waals surface area contributed by atoms with Gasteiger partial charge in [0.2, 0.25) is 0 Å². The van der Waals surface area contributed by atoms with Crippen molar-refractivity contribution >= 4 is 11.9 Å². The number of hydrogen-bond donors (Lipinski definition) is 1. The highest BCUT2D eigenvalue weighted by atomic mass is 19.1. The number of halogens is 2. The van der Waals surface area contributed by atoms with Gasteiger partial charge in [0, 0.05) is 12.5 Å². The summed E-state index contributed by atoms with van der Waals surface area (Å²) < 4.78 is 31.4. The van der Waals surface area contributed by atoms with Crippen molar-refractivity contribution in [3.05, 3.63) is 53.5 Å².